The number of hydrogen-bond acceptors (Lipinski definition) is 5. The Balaban J connectivity index is 1.55. The maximum Gasteiger partial charge on any atom is 0.263 e. The Kier molecular flexibility index (Phi) is 4.57. The molecule has 3 heterocycles. The number of hydrogen-bond donors (Lipinski definition) is 1. The van der Waals surface area contributed by atoms with Crippen molar-refractivity contribution in [1.29, 1.82) is 0 Å². The summed E-state index contributed by atoms with van der Waals surface area (Å²) < 4.78 is 0. The SMILES string of the molecule is O=C(N[C@@H]1CCCN(Cc2cccnc2)C1)c1cncs1. The second-order valence-electron chi connectivity index (χ2n) is 5.27. The molecule has 21 heavy (non-hydrogen) atoms. The average molecular weight is 302 g/mol. The van der Waals surface area contributed by atoms with Gasteiger partial charge in [0.25, 0.3) is 5.91 Å². The summed E-state index contributed by atoms with van der Waals surface area (Å²) in [5.74, 6) is -0.00859. The quantitative estimate of drug-likeness (QED) is 0.937. The van der Waals surface area contributed by atoms with Gasteiger partial charge in [0.2, 0.25) is 0 Å². The van der Waals surface area contributed by atoms with Crippen molar-refractivity contribution in [3.63, 3.8) is 0 Å². The van der Waals surface area contributed by atoms with Crippen LogP contribution < -0.4 is 5.32 Å². The molecule has 0 aliphatic carbocycles. The Morgan fingerprint density at radius 2 is 2.38 bits per heavy atom. The third kappa shape index (κ3) is 3.86. The number of aromatic nitrogens is 2. The van der Waals surface area contributed by atoms with Gasteiger partial charge in [0.15, 0.2) is 0 Å². The highest BCUT2D eigenvalue weighted by molar-refractivity contribution is 7.11. The third-order valence-electron chi connectivity index (χ3n) is 3.63. The van der Waals surface area contributed by atoms with E-state index in [2.05, 4.69) is 26.3 Å². The average Bonchev–Trinajstić information content (AvgIpc) is 3.03. The minimum atomic E-state index is -0.00859. The van der Waals surface area contributed by atoms with Gasteiger partial charge in [-0.15, -0.1) is 11.3 Å². The maximum atomic E-state index is 12.1. The zero-order valence-electron chi connectivity index (χ0n) is 11.7. The van der Waals surface area contributed by atoms with Crippen molar-refractivity contribution < 1.29 is 4.79 Å². The molecule has 0 spiro atoms. The van der Waals surface area contributed by atoms with Crippen LogP contribution in [-0.2, 0) is 6.54 Å². The first-order valence-corrected chi connectivity index (χ1v) is 8.00. The Morgan fingerprint density at radius 3 is 3.14 bits per heavy atom. The molecular formula is C15H18N4OS. The van der Waals surface area contributed by atoms with Crippen molar-refractivity contribution in [3.05, 3.63) is 46.7 Å². The summed E-state index contributed by atoms with van der Waals surface area (Å²) in [6, 6.07) is 4.26. The van der Waals surface area contributed by atoms with Crippen LogP contribution in [0.15, 0.2) is 36.2 Å². The number of nitrogens with zero attached hydrogens (tertiary/aromatic N) is 3. The molecule has 1 N–H and O–H groups in total. The predicted octanol–water partition coefficient (Wildman–Crippen LogP) is 1.93. The van der Waals surface area contributed by atoms with Crippen LogP contribution in [0.1, 0.15) is 28.1 Å². The molecule has 3 rings (SSSR count). The van der Waals surface area contributed by atoms with Crippen molar-refractivity contribution in [3.8, 4) is 0 Å². The van der Waals surface area contributed by atoms with Crippen LogP contribution in [0, 0.1) is 0 Å². The van der Waals surface area contributed by atoms with Crippen molar-refractivity contribution in [2.45, 2.75) is 25.4 Å². The van der Waals surface area contributed by atoms with Crippen LogP contribution >= 0.6 is 11.3 Å². The van der Waals surface area contributed by atoms with E-state index in [-0.39, 0.29) is 11.9 Å². The molecule has 5 nitrogen and oxygen atoms in total. The normalized spacial score (nSPS) is 19.3. The molecule has 1 aliphatic heterocycles. The van der Waals surface area contributed by atoms with Crippen LogP contribution in [0.2, 0.25) is 0 Å². The van der Waals surface area contributed by atoms with Gasteiger partial charge < -0.3 is 5.32 Å². The molecule has 1 saturated heterocycles. The summed E-state index contributed by atoms with van der Waals surface area (Å²) in [4.78, 5) is 23.2. The van der Waals surface area contributed by atoms with Crippen LogP contribution in [0.4, 0.5) is 0 Å². The zero-order valence-corrected chi connectivity index (χ0v) is 12.6. The summed E-state index contributed by atoms with van der Waals surface area (Å²) in [6.07, 6.45) is 7.45. The fraction of sp³-hybridized carbons (Fsp3) is 0.400. The van der Waals surface area contributed by atoms with E-state index in [4.69, 9.17) is 0 Å². The Bertz CT molecular complexity index is 573. The first-order valence-electron chi connectivity index (χ1n) is 7.12. The highest BCUT2D eigenvalue weighted by atomic mass is 32.1. The van der Waals surface area contributed by atoms with Crippen LogP contribution in [-0.4, -0.2) is 39.9 Å². The first kappa shape index (κ1) is 14.2. The number of rotatable bonds is 4. The highest BCUT2D eigenvalue weighted by Crippen LogP contribution is 2.14. The van der Waals surface area contributed by atoms with Gasteiger partial charge in [-0.1, -0.05) is 6.07 Å². The lowest BCUT2D eigenvalue weighted by Gasteiger charge is -2.33. The summed E-state index contributed by atoms with van der Waals surface area (Å²) in [5.41, 5.74) is 2.90. The molecule has 0 aromatic carbocycles. The Labute approximate surface area is 128 Å². The highest BCUT2D eigenvalue weighted by Gasteiger charge is 2.22. The molecular weight excluding hydrogens is 284 g/mol. The van der Waals surface area contributed by atoms with E-state index in [0.29, 0.717) is 4.88 Å². The topological polar surface area (TPSA) is 58.1 Å². The standard InChI is InChI=1S/C15H18N4OS/c20-15(14-8-17-11-21-14)18-13-4-2-6-19(10-13)9-12-3-1-5-16-7-12/h1,3,5,7-8,11,13H,2,4,6,9-10H2,(H,18,20)/t13-/m1/s1. The van der Waals surface area contributed by atoms with Gasteiger partial charge in [-0.05, 0) is 31.0 Å². The molecule has 0 radical (unpaired) electrons. The lowest BCUT2D eigenvalue weighted by molar-refractivity contribution is 0.0904. The number of piperidine rings is 1. The molecule has 2 aromatic heterocycles. The van der Waals surface area contributed by atoms with Crippen LogP contribution in [0.25, 0.3) is 0 Å². The largest absolute Gasteiger partial charge is 0.347 e. The van der Waals surface area contributed by atoms with E-state index in [0.717, 1.165) is 32.5 Å². The van der Waals surface area contributed by atoms with Crippen LogP contribution in [0.5, 0.6) is 0 Å². The number of thiazole rings is 1. The summed E-state index contributed by atoms with van der Waals surface area (Å²) in [6.45, 7) is 2.85. The van der Waals surface area contributed by atoms with Gasteiger partial charge in [-0.25, -0.2) is 0 Å². The minimum Gasteiger partial charge on any atom is -0.347 e. The molecule has 110 valence electrons. The number of carbonyl (C=O) groups is 1. The fourth-order valence-corrected chi connectivity index (χ4v) is 3.17. The number of amides is 1. The molecule has 0 saturated carbocycles. The van der Waals surface area contributed by atoms with Crippen molar-refractivity contribution >= 4 is 17.2 Å². The lowest BCUT2D eigenvalue weighted by atomic mass is 10.0. The lowest BCUT2D eigenvalue weighted by Crippen LogP contribution is -2.47. The van der Waals surface area contributed by atoms with Crippen molar-refractivity contribution in [2.75, 3.05) is 13.1 Å². The monoisotopic (exact) mass is 302 g/mol. The summed E-state index contributed by atoms with van der Waals surface area (Å²) >= 11 is 1.38. The second-order valence-corrected chi connectivity index (χ2v) is 6.16. The molecule has 1 fully saturated rings. The van der Waals surface area contributed by atoms with E-state index in [1.54, 1.807) is 17.9 Å². The van der Waals surface area contributed by atoms with E-state index in [9.17, 15) is 4.79 Å². The van der Waals surface area contributed by atoms with Gasteiger partial charge >= 0.3 is 0 Å². The number of carbonyl (C=O) groups excluding carboxylic acids is 1. The number of likely N-dealkylation sites (tertiary alicyclic amines) is 1. The second kappa shape index (κ2) is 6.78. The van der Waals surface area contributed by atoms with Crippen molar-refractivity contribution in [1.82, 2.24) is 20.2 Å². The summed E-state index contributed by atoms with van der Waals surface area (Å²) in [5, 5.41) is 3.11. The smallest absolute Gasteiger partial charge is 0.263 e. The predicted molar refractivity (Wildman–Crippen MR) is 82.1 cm³/mol. The van der Waals surface area contributed by atoms with Crippen molar-refractivity contribution in [2.24, 2.45) is 0 Å². The maximum absolute atomic E-state index is 12.1. The van der Waals surface area contributed by atoms with E-state index < -0.39 is 0 Å². The molecule has 6 heteroatoms. The Hall–Kier alpha value is -1.79. The molecule has 1 aliphatic rings. The Morgan fingerprint density at radius 1 is 1.43 bits per heavy atom. The molecule has 1 atom stereocenters. The number of nitrogens with one attached hydrogen (secondary N) is 1. The molecule has 0 unspecified atom stereocenters. The van der Waals surface area contributed by atoms with E-state index >= 15 is 0 Å². The zero-order chi connectivity index (χ0) is 14.5. The van der Waals surface area contributed by atoms with Gasteiger partial charge in [0, 0.05) is 31.5 Å². The molecule has 2 aromatic rings. The van der Waals surface area contributed by atoms with Crippen LogP contribution in [0.3, 0.4) is 0 Å². The third-order valence-corrected chi connectivity index (χ3v) is 4.40. The van der Waals surface area contributed by atoms with E-state index in [1.807, 2.05) is 12.3 Å². The van der Waals surface area contributed by atoms with E-state index in [1.165, 1.54) is 16.9 Å². The molecule has 1 amide bonds. The van der Waals surface area contributed by atoms with Gasteiger partial charge in [0.05, 0.1) is 11.7 Å². The van der Waals surface area contributed by atoms with Gasteiger partial charge in [0.1, 0.15) is 4.88 Å². The van der Waals surface area contributed by atoms with Gasteiger partial charge in [-0.2, -0.15) is 0 Å². The van der Waals surface area contributed by atoms with Gasteiger partial charge in [-0.3, -0.25) is 19.7 Å². The summed E-state index contributed by atoms with van der Waals surface area (Å²) in [7, 11) is 0. The first-order chi connectivity index (χ1) is 10.3. The minimum absolute atomic E-state index is 0.00859. The molecule has 0 bridgehead atoms. The fourth-order valence-electron chi connectivity index (χ4n) is 2.65. The number of pyridine rings is 1.